The van der Waals surface area contributed by atoms with E-state index >= 15 is 0 Å². The molecule has 17 heavy (non-hydrogen) atoms. The van der Waals surface area contributed by atoms with E-state index in [-0.39, 0.29) is 17.6 Å². The molecule has 1 rings (SSSR count). The van der Waals surface area contributed by atoms with Crippen molar-refractivity contribution in [2.45, 2.75) is 13.0 Å². The first-order chi connectivity index (χ1) is 8.09. The van der Waals surface area contributed by atoms with Crippen LogP contribution >= 0.6 is 23.1 Å². The molecule has 94 valence electrons. The Morgan fingerprint density at radius 2 is 2.29 bits per heavy atom. The van der Waals surface area contributed by atoms with Gasteiger partial charge in [-0.3, -0.25) is 9.59 Å². The van der Waals surface area contributed by atoms with Crippen molar-refractivity contribution in [3.63, 3.8) is 0 Å². The highest BCUT2D eigenvalue weighted by Gasteiger charge is 2.09. The molecule has 0 atom stereocenters. The van der Waals surface area contributed by atoms with Crippen LogP contribution in [0.5, 0.6) is 0 Å². The van der Waals surface area contributed by atoms with Gasteiger partial charge in [-0.2, -0.15) is 23.1 Å². The smallest absolute Gasteiger partial charge is 0.227 e. The van der Waals surface area contributed by atoms with Crippen LogP contribution in [0.1, 0.15) is 12.0 Å². The Labute approximate surface area is 109 Å². The van der Waals surface area contributed by atoms with Gasteiger partial charge in [-0.1, -0.05) is 0 Å². The Morgan fingerprint density at radius 1 is 1.53 bits per heavy atom. The van der Waals surface area contributed by atoms with Gasteiger partial charge in [-0.05, 0) is 22.4 Å². The predicted octanol–water partition coefficient (Wildman–Crippen LogP) is 1.32. The van der Waals surface area contributed by atoms with Crippen LogP contribution in [0, 0.1) is 0 Å². The minimum atomic E-state index is -0.339. The quantitative estimate of drug-likeness (QED) is 0.761. The molecule has 2 N–H and O–H groups in total. The standard InChI is InChI=1S/C11H16N2O2S2/c1-13(6-9-2-4-16-7-9)11(15)3-5-17-8-10(12)14/h2,4,7H,3,5-6,8H2,1H3,(H2,12,14). The van der Waals surface area contributed by atoms with E-state index in [0.29, 0.717) is 18.7 Å². The summed E-state index contributed by atoms with van der Waals surface area (Å²) in [7, 11) is 1.79. The normalized spacial score (nSPS) is 10.2. The largest absolute Gasteiger partial charge is 0.369 e. The van der Waals surface area contributed by atoms with Gasteiger partial charge in [0.15, 0.2) is 0 Å². The molecule has 0 saturated heterocycles. The van der Waals surface area contributed by atoms with E-state index in [4.69, 9.17) is 5.73 Å². The minimum Gasteiger partial charge on any atom is -0.369 e. The summed E-state index contributed by atoms with van der Waals surface area (Å²) in [5.74, 6) is 0.666. The summed E-state index contributed by atoms with van der Waals surface area (Å²) >= 11 is 3.02. The van der Waals surface area contributed by atoms with Crippen molar-refractivity contribution >= 4 is 34.9 Å². The van der Waals surface area contributed by atoms with E-state index in [2.05, 4.69) is 0 Å². The molecule has 0 aliphatic rings. The lowest BCUT2D eigenvalue weighted by Crippen LogP contribution is -2.26. The molecule has 0 bridgehead atoms. The van der Waals surface area contributed by atoms with E-state index in [1.54, 1.807) is 23.3 Å². The van der Waals surface area contributed by atoms with Gasteiger partial charge < -0.3 is 10.6 Å². The number of hydrogen-bond donors (Lipinski definition) is 1. The zero-order chi connectivity index (χ0) is 12.7. The molecule has 1 aromatic rings. The highest BCUT2D eigenvalue weighted by Crippen LogP contribution is 2.10. The van der Waals surface area contributed by atoms with Gasteiger partial charge in [-0.15, -0.1) is 0 Å². The van der Waals surface area contributed by atoms with E-state index < -0.39 is 0 Å². The van der Waals surface area contributed by atoms with Crippen LogP contribution in [0.15, 0.2) is 16.8 Å². The average molecular weight is 272 g/mol. The molecule has 6 heteroatoms. The van der Waals surface area contributed by atoms with E-state index in [1.165, 1.54) is 11.8 Å². The first-order valence-corrected chi connectivity index (χ1v) is 7.30. The molecular weight excluding hydrogens is 256 g/mol. The molecule has 0 spiro atoms. The SMILES string of the molecule is CN(Cc1ccsc1)C(=O)CCSCC(N)=O. The zero-order valence-corrected chi connectivity index (χ0v) is 11.4. The van der Waals surface area contributed by atoms with Crippen LogP contribution in [0.4, 0.5) is 0 Å². The van der Waals surface area contributed by atoms with Crippen molar-refractivity contribution in [3.8, 4) is 0 Å². The summed E-state index contributed by atoms with van der Waals surface area (Å²) < 4.78 is 0. The lowest BCUT2D eigenvalue weighted by Gasteiger charge is -2.16. The number of carbonyl (C=O) groups is 2. The van der Waals surface area contributed by atoms with Crippen molar-refractivity contribution in [2.24, 2.45) is 5.73 Å². The maximum Gasteiger partial charge on any atom is 0.227 e. The number of nitrogens with two attached hydrogens (primary N) is 1. The van der Waals surface area contributed by atoms with Gasteiger partial charge >= 0.3 is 0 Å². The Morgan fingerprint density at radius 3 is 2.88 bits per heavy atom. The summed E-state index contributed by atoms with van der Waals surface area (Å²) in [5.41, 5.74) is 6.15. The second-order valence-electron chi connectivity index (χ2n) is 3.65. The summed E-state index contributed by atoms with van der Waals surface area (Å²) in [6, 6.07) is 2.01. The zero-order valence-electron chi connectivity index (χ0n) is 9.72. The predicted molar refractivity (Wildman–Crippen MR) is 71.9 cm³/mol. The molecule has 0 saturated carbocycles. The van der Waals surface area contributed by atoms with Gasteiger partial charge in [0.1, 0.15) is 0 Å². The highest BCUT2D eigenvalue weighted by molar-refractivity contribution is 7.99. The summed E-state index contributed by atoms with van der Waals surface area (Å²) in [5, 5.41) is 4.03. The Kier molecular flexibility index (Phi) is 6.07. The summed E-state index contributed by atoms with van der Waals surface area (Å²) in [6.07, 6.45) is 0.443. The fraction of sp³-hybridized carbons (Fsp3) is 0.455. The van der Waals surface area contributed by atoms with Gasteiger partial charge in [-0.25, -0.2) is 0 Å². The lowest BCUT2D eigenvalue weighted by atomic mass is 10.3. The van der Waals surface area contributed by atoms with Gasteiger partial charge in [0.2, 0.25) is 11.8 Å². The Hall–Kier alpha value is -1.01. The fourth-order valence-corrected chi connectivity index (χ4v) is 2.59. The number of thioether (sulfide) groups is 1. The summed E-state index contributed by atoms with van der Waals surface area (Å²) in [4.78, 5) is 23.9. The summed E-state index contributed by atoms with van der Waals surface area (Å²) in [6.45, 7) is 0.642. The van der Waals surface area contributed by atoms with Gasteiger partial charge in [0.05, 0.1) is 5.75 Å². The molecular formula is C11H16N2O2S2. The van der Waals surface area contributed by atoms with Crippen LogP contribution in [0.3, 0.4) is 0 Å². The number of primary amides is 1. The maximum absolute atomic E-state index is 11.7. The van der Waals surface area contributed by atoms with Crippen LogP contribution in [0.25, 0.3) is 0 Å². The van der Waals surface area contributed by atoms with E-state index in [9.17, 15) is 9.59 Å². The number of amides is 2. The highest BCUT2D eigenvalue weighted by atomic mass is 32.2. The van der Waals surface area contributed by atoms with Crippen molar-refractivity contribution < 1.29 is 9.59 Å². The van der Waals surface area contributed by atoms with Crippen molar-refractivity contribution in [2.75, 3.05) is 18.6 Å². The molecule has 0 unspecified atom stereocenters. The van der Waals surface area contributed by atoms with E-state index in [0.717, 1.165) is 5.56 Å². The molecule has 4 nitrogen and oxygen atoms in total. The number of nitrogens with zero attached hydrogens (tertiary/aromatic N) is 1. The topological polar surface area (TPSA) is 63.4 Å². The van der Waals surface area contributed by atoms with Crippen molar-refractivity contribution in [1.82, 2.24) is 4.90 Å². The number of thiophene rings is 1. The molecule has 2 amide bonds. The third-order valence-electron chi connectivity index (χ3n) is 2.13. The van der Waals surface area contributed by atoms with E-state index in [1.807, 2.05) is 16.8 Å². The molecule has 0 aliphatic carbocycles. The van der Waals surface area contributed by atoms with Crippen LogP contribution in [0.2, 0.25) is 0 Å². The minimum absolute atomic E-state index is 0.0909. The monoisotopic (exact) mass is 272 g/mol. The second-order valence-corrected chi connectivity index (χ2v) is 5.54. The second kappa shape index (κ2) is 7.34. The van der Waals surface area contributed by atoms with Crippen molar-refractivity contribution in [1.29, 1.82) is 0 Å². The Bertz CT molecular complexity index is 366. The Balaban J connectivity index is 2.20. The molecule has 0 fully saturated rings. The molecule has 0 radical (unpaired) electrons. The molecule has 0 aliphatic heterocycles. The number of carbonyl (C=O) groups excluding carboxylic acids is 2. The number of hydrogen-bond acceptors (Lipinski definition) is 4. The molecule has 1 aromatic heterocycles. The number of rotatable bonds is 7. The first kappa shape index (κ1) is 14.1. The van der Waals surface area contributed by atoms with Crippen LogP contribution in [-0.4, -0.2) is 35.3 Å². The fourth-order valence-electron chi connectivity index (χ4n) is 1.27. The maximum atomic E-state index is 11.7. The lowest BCUT2D eigenvalue weighted by molar-refractivity contribution is -0.130. The van der Waals surface area contributed by atoms with Crippen LogP contribution < -0.4 is 5.73 Å². The first-order valence-electron chi connectivity index (χ1n) is 5.20. The average Bonchev–Trinajstić information content (AvgIpc) is 2.76. The van der Waals surface area contributed by atoms with Gasteiger partial charge in [0, 0.05) is 25.8 Å². The molecule has 1 heterocycles. The van der Waals surface area contributed by atoms with Crippen LogP contribution in [-0.2, 0) is 16.1 Å². The van der Waals surface area contributed by atoms with Gasteiger partial charge in [0.25, 0.3) is 0 Å². The van der Waals surface area contributed by atoms with Crippen molar-refractivity contribution in [3.05, 3.63) is 22.4 Å². The third-order valence-corrected chi connectivity index (χ3v) is 3.84. The molecule has 0 aromatic carbocycles. The third kappa shape index (κ3) is 5.74.